The van der Waals surface area contributed by atoms with Gasteiger partial charge in [-0.2, -0.15) is 0 Å². The number of urea groups is 1. The molecule has 2 N–H and O–H groups in total. The molecule has 0 radical (unpaired) electrons. The van der Waals surface area contributed by atoms with Gasteiger partial charge in [0.2, 0.25) is 0 Å². The van der Waals surface area contributed by atoms with Gasteiger partial charge >= 0.3 is 6.03 Å². The van der Waals surface area contributed by atoms with Crippen LogP contribution in [-0.2, 0) is 6.54 Å². The first-order valence-corrected chi connectivity index (χ1v) is 9.20. The van der Waals surface area contributed by atoms with E-state index in [9.17, 15) is 4.79 Å². The Morgan fingerprint density at radius 3 is 2.81 bits per heavy atom. The molecule has 3 rings (SSSR count). The highest BCUT2D eigenvalue weighted by atomic mass is 35.5. The standard InChI is InChI=1S/C19H23ClN4O2/c1-2-26-17-6-5-15(12-16(17)20)23-19(25)22-13-14-7-8-21-18(11-14)24-9-3-4-10-24/h5-8,11-12H,2-4,9-10,13H2,1H3,(H2,22,23,25). The average Bonchev–Trinajstić information content (AvgIpc) is 3.17. The molecule has 0 aliphatic carbocycles. The number of carbonyl (C=O) groups is 1. The molecule has 2 amide bonds. The van der Waals surface area contributed by atoms with E-state index in [1.807, 2.05) is 19.1 Å². The number of nitrogens with one attached hydrogen (secondary N) is 2. The minimum Gasteiger partial charge on any atom is -0.492 e. The molecular formula is C19H23ClN4O2. The Morgan fingerprint density at radius 1 is 1.27 bits per heavy atom. The number of halogens is 1. The maximum atomic E-state index is 12.1. The molecular weight excluding hydrogens is 352 g/mol. The maximum Gasteiger partial charge on any atom is 0.319 e. The first-order chi connectivity index (χ1) is 12.7. The second-order valence-corrected chi connectivity index (χ2v) is 6.51. The topological polar surface area (TPSA) is 66.5 Å². The van der Waals surface area contributed by atoms with E-state index in [0.29, 0.717) is 29.6 Å². The molecule has 7 heteroatoms. The number of amides is 2. The van der Waals surface area contributed by atoms with E-state index in [4.69, 9.17) is 16.3 Å². The van der Waals surface area contributed by atoms with Crippen LogP contribution in [0.15, 0.2) is 36.5 Å². The Bertz CT molecular complexity index is 763. The quantitative estimate of drug-likeness (QED) is 0.800. The summed E-state index contributed by atoms with van der Waals surface area (Å²) in [5, 5.41) is 6.10. The zero-order valence-electron chi connectivity index (χ0n) is 14.8. The summed E-state index contributed by atoms with van der Waals surface area (Å²) < 4.78 is 5.39. The van der Waals surface area contributed by atoms with Gasteiger partial charge in [-0.15, -0.1) is 0 Å². The minimum atomic E-state index is -0.287. The average molecular weight is 375 g/mol. The zero-order valence-corrected chi connectivity index (χ0v) is 15.6. The fraction of sp³-hybridized carbons (Fsp3) is 0.368. The van der Waals surface area contributed by atoms with Gasteiger partial charge in [0, 0.05) is 31.5 Å². The maximum absolute atomic E-state index is 12.1. The van der Waals surface area contributed by atoms with E-state index in [1.54, 1.807) is 24.4 Å². The predicted octanol–water partition coefficient (Wildman–Crippen LogP) is 4.06. The van der Waals surface area contributed by atoms with Gasteiger partial charge in [-0.3, -0.25) is 0 Å². The van der Waals surface area contributed by atoms with Crippen molar-refractivity contribution in [2.24, 2.45) is 0 Å². The number of carbonyl (C=O) groups excluding carboxylic acids is 1. The van der Waals surface area contributed by atoms with E-state index >= 15 is 0 Å². The Morgan fingerprint density at radius 2 is 2.08 bits per heavy atom. The molecule has 0 atom stereocenters. The lowest BCUT2D eigenvalue weighted by Gasteiger charge is -2.17. The summed E-state index contributed by atoms with van der Waals surface area (Å²) in [7, 11) is 0. The van der Waals surface area contributed by atoms with Crippen molar-refractivity contribution in [3.05, 3.63) is 47.1 Å². The SMILES string of the molecule is CCOc1ccc(NC(=O)NCc2ccnc(N3CCCC3)c2)cc1Cl. The lowest BCUT2D eigenvalue weighted by Crippen LogP contribution is -2.28. The van der Waals surface area contributed by atoms with Crippen molar-refractivity contribution in [2.45, 2.75) is 26.3 Å². The summed E-state index contributed by atoms with van der Waals surface area (Å²) in [4.78, 5) is 18.8. The minimum absolute atomic E-state index is 0.287. The molecule has 2 heterocycles. The van der Waals surface area contributed by atoms with E-state index in [-0.39, 0.29) is 6.03 Å². The summed E-state index contributed by atoms with van der Waals surface area (Å²) in [6.07, 6.45) is 4.20. The van der Waals surface area contributed by atoms with Crippen LogP contribution < -0.4 is 20.3 Å². The number of benzene rings is 1. The molecule has 0 bridgehead atoms. The molecule has 1 aromatic carbocycles. The highest BCUT2D eigenvalue weighted by molar-refractivity contribution is 6.32. The van der Waals surface area contributed by atoms with E-state index in [1.165, 1.54) is 12.8 Å². The van der Waals surface area contributed by atoms with E-state index in [0.717, 1.165) is 24.5 Å². The Labute approximate surface area is 158 Å². The summed E-state index contributed by atoms with van der Waals surface area (Å²) >= 11 is 6.14. The molecule has 26 heavy (non-hydrogen) atoms. The van der Waals surface area contributed by atoms with Crippen LogP contribution in [0, 0.1) is 0 Å². The number of nitrogens with zero attached hydrogens (tertiary/aromatic N) is 2. The third-order valence-corrected chi connectivity index (χ3v) is 4.48. The molecule has 1 aromatic heterocycles. The first-order valence-electron chi connectivity index (χ1n) is 8.83. The van der Waals surface area contributed by atoms with Gasteiger partial charge in [0.1, 0.15) is 11.6 Å². The van der Waals surface area contributed by atoms with Crippen LogP contribution in [0.1, 0.15) is 25.3 Å². The number of ether oxygens (including phenoxy) is 1. The lowest BCUT2D eigenvalue weighted by atomic mass is 10.2. The number of pyridine rings is 1. The molecule has 0 unspecified atom stereocenters. The van der Waals surface area contributed by atoms with Crippen LogP contribution >= 0.6 is 11.6 Å². The normalized spacial score (nSPS) is 13.5. The second kappa shape index (κ2) is 8.76. The summed E-state index contributed by atoms with van der Waals surface area (Å²) in [6.45, 7) is 4.95. The number of rotatable bonds is 6. The molecule has 138 valence electrons. The van der Waals surface area contributed by atoms with Crippen LogP contribution in [0.25, 0.3) is 0 Å². The van der Waals surface area contributed by atoms with Crippen LogP contribution in [0.5, 0.6) is 5.75 Å². The fourth-order valence-electron chi connectivity index (χ4n) is 2.90. The van der Waals surface area contributed by atoms with Crippen LogP contribution in [-0.4, -0.2) is 30.7 Å². The third-order valence-electron chi connectivity index (χ3n) is 4.18. The summed E-state index contributed by atoms with van der Waals surface area (Å²) in [6, 6.07) is 8.82. The molecule has 1 saturated heterocycles. The number of hydrogen-bond acceptors (Lipinski definition) is 4. The Kier molecular flexibility index (Phi) is 6.17. The van der Waals surface area contributed by atoms with Crippen molar-refractivity contribution in [3.8, 4) is 5.75 Å². The van der Waals surface area contributed by atoms with Gasteiger partial charge in [-0.05, 0) is 55.7 Å². The number of hydrogen-bond donors (Lipinski definition) is 2. The monoisotopic (exact) mass is 374 g/mol. The zero-order chi connectivity index (χ0) is 18.4. The van der Waals surface area contributed by atoms with Gasteiger partial charge in [0.05, 0.1) is 11.6 Å². The van der Waals surface area contributed by atoms with Gasteiger partial charge in [-0.1, -0.05) is 11.6 Å². The van der Waals surface area contributed by atoms with Crippen LogP contribution in [0.2, 0.25) is 5.02 Å². The van der Waals surface area contributed by atoms with Gasteiger partial charge in [0.15, 0.2) is 0 Å². The lowest BCUT2D eigenvalue weighted by molar-refractivity contribution is 0.251. The van der Waals surface area contributed by atoms with Crippen molar-refractivity contribution >= 4 is 29.1 Å². The summed E-state index contributed by atoms with van der Waals surface area (Å²) in [5.41, 5.74) is 1.63. The predicted molar refractivity (Wildman–Crippen MR) is 104 cm³/mol. The molecule has 1 aliphatic heterocycles. The van der Waals surface area contributed by atoms with Crippen molar-refractivity contribution < 1.29 is 9.53 Å². The van der Waals surface area contributed by atoms with Crippen LogP contribution in [0.4, 0.5) is 16.3 Å². The molecule has 0 saturated carbocycles. The molecule has 1 aliphatic rings. The number of aromatic nitrogens is 1. The van der Waals surface area contributed by atoms with Crippen molar-refractivity contribution in [3.63, 3.8) is 0 Å². The van der Waals surface area contributed by atoms with Crippen LogP contribution in [0.3, 0.4) is 0 Å². The Hall–Kier alpha value is -2.47. The van der Waals surface area contributed by atoms with Crippen molar-refractivity contribution in [2.75, 3.05) is 29.9 Å². The van der Waals surface area contributed by atoms with E-state index < -0.39 is 0 Å². The van der Waals surface area contributed by atoms with Gasteiger partial charge < -0.3 is 20.3 Å². The summed E-state index contributed by atoms with van der Waals surface area (Å²) in [5.74, 6) is 1.58. The van der Waals surface area contributed by atoms with E-state index in [2.05, 4.69) is 20.5 Å². The highest BCUT2D eigenvalue weighted by Crippen LogP contribution is 2.27. The van der Waals surface area contributed by atoms with Gasteiger partial charge in [0.25, 0.3) is 0 Å². The van der Waals surface area contributed by atoms with Crippen molar-refractivity contribution in [1.82, 2.24) is 10.3 Å². The third kappa shape index (κ3) is 4.79. The largest absolute Gasteiger partial charge is 0.492 e. The molecule has 6 nitrogen and oxygen atoms in total. The number of anilines is 2. The highest BCUT2D eigenvalue weighted by Gasteiger charge is 2.13. The second-order valence-electron chi connectivity index (χ2n) is 6.10. The molecule has 2 aromatic rings. The van der Waals surface area contributed by atoms with Gasteiger partial charge in [-0.25, -0.2) is 9.78 Å². The smallest absolute Gasteiger partial charge is 0.319 e. The molecule has 0 spiro atoms. The van der Waals surface area contributed by atoms with Crippen molar-refractivity contribution in [1.29, 1.82) is 0 Å². The molecule has 1 fully saturated rings. The Balaban J connectivity index is 1.54. The fourth-order valence-corrected chi connectivity index (χ4v) is 3.13. The first kappa shape index (κ1) is 18.3.